The monoisotopic (exact) mass is 657 g/mol. The predicted molar refractivity (Wildman–Crippen MR) is 187 cm³/mol. The summed E-state index contributed by atoms with van der Waals surface area (Å²) in [6, 6.07) is 21.1. The van der Waals surface area contributed by atoms with Crippen LogP contribution >= 0.6 is 0 Å². The van der Waals surface area contributed by atoms with Crippen LogP contribution in [-0.4, -0.2) is 58.6 Å². The zero-order chi connectivity index (χ0) is 35.6. The molecule has 0 bridgehead atoms. The molecule has 0 aliphatic rings. The van der Waals surface area contributed by atoms with E-state index in [0.29, 0.717) is 5.56 Å². The maximum atomic E-state index is 14.5. The van der Waals surface area contributed by atoms with Crippen molar-refractivity contribution in [2.24, 2.45) is 0 Å². The fourth-order valence-corrected chi connectivity index (χ4v) is 5.24. The molecule has 3 aromatic rings. The molecule has 0 aliphatic heterocycles. The highest BCUT2D eigenvalue weighted by Gasteiger charge is 2.38. The molecule has 0 spiro atoms. The van der Waals surface area contributed by atoms with Gasteiger partial charge in [0.1, 0.15) is 29.3 Å². The molecular formula is C39H51N3O6. The van der Waals surface area contributed by atoms with Gasteiger partial charge in [-0.2, -0.15) is 0 Å². The number of aryl methyl sites for hydroxylation is 2. The number of carbonyl (C=O) groups is 4. The van der Waals surface area contributed by atoms with Gasteiger partial charge in [0.25, 0.3) is 0 Å². The Bertz CT molecular complexity index is 1540. The SMILES string of the molecule is CCN(C(=O)C(Cc1ccccc1)NC(=O)OC(C)(C)C)C(C(=O)NC(Cc1ccccc1)C(=O)OC(C)(C)C)c1ccc(C)c(C)c1. The molecule has 9 nitrogen and oxygen atoms in total. The van der Waals surface area contributed by atoms with Crippen molar-refractivity contribution in [3.63, 3.8) is 0 Å². The van der Waals surface area contributed by atoms with Gasteiger partial charge in [-0.25, -0.2) is 9.59 Å². The Balaban J connectivity index is 2.06. The quantitative estimate of drug-likeness (QED) is 0.218. The van der Waals surface area contributed by atoms with Crippen molar-refractivity contribution in [2.75, 3.05) is 6.54 Å². The number of carbonyl (C=O) groups excluding carboxylic acids is 4. The Kier molecular flexibility index (Phi) is 12.9. The lowest BCUT2D eigenvalue weighted by Crippen LogP contribution is -2.55. The lowest BCUT2D eigenvalue weighted by molar-refractivity contribution is -0.159. The smallest absolute Gasteiger partial charge is 0.408 e. The minimum absolute atomic E-state index is 0.140. The van der Waals surface area contributed by atoms with E-state index in [-0.39, 0.29) is 19.4 Å². The Hall–Kier alpha value is -4.66. The van der Waals surface area contributed by atoms with Crippen molar-refractivity contribution in [1.29, 1.82) is 0 Å². The molecule has 3 unspecified atom stereocenters. The molecule has 258 valence electrons. The van der Waals surface area contributed by atoms with Gasteiger partial charge in [-0.1, -0.05) is 78.9 Å². The van der Waals surface area contributed by atoms with Gasteiger partial charge in [-0.3, -0.25) is 9.59 Å². The molecule has 0 radical (unpaired) electrons. The van der Waals surface area contributed by atoms with E-state index in [9.17, 15) is 19.2 Å². The lowest BCUT2D eigenvalue weighted by atomic mass is 9.97. The largest absolute Gasteiger partial charge is 0.458 e. The number of esters is 1. The van der Waals surface area contributed by atoms with Gasteiger partial charge in [0.05, 0.1) is 0 Å². The van der Waals surface area contributed by atoms with E-state index in [1.165, 1.54) is 4.90 Å². The van der Waals surface area contributed by atoms with Gasteiger partial charge in [0, 0.05) is 19.4 Å². The molecule has 0 heterocycles. The first-order valence-corrected chi connectivity index (χ1v) is 16.5. The molecule has 2 N–H and O–H groups in total. The standard InChI is InChI=1S/C39H51N3O6/c1-10-42(35(44)31(24-28-17-13-11-14-18-28)41-37(46)48-39(7,8)9)33(30-22-21-26(2)27(3)23-30)34(43)40-32(36(45)47-38(4,5)6)25-29-19-15-12-16-20-29/h11-23,31-33H,10,24-25H2,1-9H3,(H,40,43)(H,41,46). The number of hydrogen-bond acceptors (Lipinski definition) is 6. The second-order valence-corrected chi connectivity index (χ2v) is 14.0. The fourth-order valence-electron chi connectivity index (χ4n) is 5.24. The van der Waals surface area contributed by atoms with Crippen LogP contribution in [0.25, 0.3) is 0 Å². The van der Waals surface area contributed by atoms with Crippen molar-refractivity contribution >= 4 is 23.9 Å². The van der Waals surface area contributed by atoms with Gasteiger partial charge < -0.3 is 25.0 Å². The average Bonchev–Trinajstić information content (AvgIpc) is 2.99. The van der Waals surface area contributed by atoms with Crippen molar-refractivity contribution < 1.29 is 28.7 Å². The second-order valence-electron chi connectivity index (χ2n) is 14.0. The van der Waals surface area contributed by atoms with Crippen molar-refractivity contribution in [1.82, 2.24) is 15.5 Å². The van der Waals surface area contributed by atoms with Gasteiger partial charge in [0.15, 0.2) is 0 Å². The first kappa shape index (κ1) is 37.8. The molecule has 48 heavy (non-hydrogen) atoms. The average molecular weight is 658 g/mol. The summed E-state index contributed by atoms with van der Waals surface area (Å²) >= 11 is 0. The lowest BCUT2D eigenvalue weighted by Gasteiger charge is -2.35. The van der Waals surface area contributed by atoms with E-state index in [2.05, 4.69) is 10.6 Å². The second kappa shape index (κ2) is 16.4. The van der Waals surface area contributed by atoms with Crippen LogP contribution < -0.4 is 10.6 Å². The maximum absolute atomic E-state index is 14.5. The van der Waals surface area contributed by atoms with Crippen LogP contribution in [-0.2, 0) is 36.7 Å². The fraction of sp³-hybridized carbons (Fsp3) is 0.436. The third-order valence-electron chi connectivity index (χ3n) is 7.59. The van der Waals surface area contributed by atoms with Crippen LogP contribution in [0, 0.1) is 13.8 Å². The summed E-state index contributed by atoms with van der Waals surface area (Å²) in [5, 5.41) is 5.69. The number of hydrogen-bond donors (Lipinski definition) is 2. The molecule has 3 atom stereocenters. The van der Waals surface area contributed by atoms with Crippen LogP contribution in [0.2, 0.25) is 0 Å². The first-order valence-electron chi connectivity index (χ1n) is 16.5. The van der Waals surface area contributed by atoms with Gasteiger partial charge in [0.2, 0.25) is 11.8 Å². The number of nitrogens with one attached hydrogen (secondary N) is 2. The molecule has 0 saturated heterocycles. The Morgan fingerprint density at radius 3 is 1.69 bits per heavy atom. The van der Waals surface area contributed by atoms with E-state index < -0.39 is 53.2 Å². The summed E-state index contributed by atoms with van der Waals surface area (Å²) in [6.45, 7) is 16.4. The molecule has 9 heteroatoms. The number of amides is 3. The number of nitrogens with zero attached hydrogens (tertiary/aromatic N) is 1. The zero-order valence-electron chi connectivity index (χ0n) is 29.8. The number of likely N-dealkylation sites (N-methyl/N-ethyl adjacent to an activating group) is 1. The third-order valence-corrected chi connectivity index (χ3v) is 7.59. The predicted octanol–water partition coefficient (Wildman–Crippen LogP) is 6.40. The van der Waals surface area contributed by atoms with E-state index in [1.807, 2.05) is 92.7 Å². The number of rotatable bonds is 12. The molecule has 0 aliphatic carbocycles. The summed E-state index contributed by atoms with van der Waals surface area (Å²) in [7, 11) is 0. The number of benzene rings is 3. The Morgan fingerprint density at radius 2 is 1.21 bits per heavy atom. The van der Waals surface area contributed by atoms with Crippen LogP contribution in [0.15, 0.2) is 78.9 Å². The zero-order valence-corrected chi connectivity index (χ0v) is 29.8. The summed E-state index contributed by atoms with van der Waals surface area (Å²) in [5.74, 6) is -1.60. The Labute approximate surface area is 285 Å². The first-order chi connectivity index (χ1) is 22.5. The molecular weight excluding hydrogens is 606 g/mol. The summed E-state index contributed by atoms with van der Waals surface area (Å²) in [6.07, 6.45) is -0.378. The highest BCUT2D eigenvalue weighted by atomic mass is 16.6. The highest BCUT2D eigenvalue weighted by molar-refractivity contribution is 5.94. The summed E-state index contributed by atoms with van der Waals surface area (Å²) in [4.78, 5) is 57.0. The summed E-state index contributed by atoms with van der Waals surface area (Å²) in [5.41, 5.74) is 2.63. The van der Waals surface area contributed by atoms with E-state index in [4.69, 9.17) is 9.47 Å². The van der Waals surface area contributed by atoms with Crippen LogP contribution in [0.5, 0.6) is 0 Å². The molecule has 3 aromatic carbocycles. The van der Waals surface area contributed by atoms with E-state index in [0.717, 1.165) is 22.3 Å². The minimum Gasteiger partial charge on any atom is -0.458 e. The third kappa shape index (κ3) is 11.5. The topological polar surface area (TPSA) is 114 Å². The molecule has 0 saturated carbocycles. The van der Waals surface area contributed by atoms with Crippen molar-refractivity contribution in [3.8, 4) is 0 Å². The van der Waals surface area contributed by atoms with Crippen molar-refractivity contribution in [2.45, 2.75) is 104 Å². The minimum atomic E-state index is -1.12. The Morgan fingerprint density at radius 1 is 0.688 bits per heavy atom. The molecule has 3 rings (SSSR count). The van der Waals surface area contributed by atoms with Crippen LogP contribution in [0.3, 0.4) is 0 Å². The summed E-state index contributed by atoms with van der Waals surface area (Å²) < 4.78 is 11.2. The van der Waals surface area contributed by atoms with Crippen LogP contribution in [0.1, 0.15) is 82.3 Å². The van der Waals surface area contributed by atoms with Crippen molar-refractivity contribution in [3.05, 3.63) is 107 Å². The molecule has 0 fully saturated rings. The van der Waals surface area contributed by atoms with Crippen LogP contribution in [0.4, 0.5) is 4.79 Å². The number of ether oxygens (including phenoxy) is 2. The maximum Gasteiger partial charge on any atom is 0.408 e. The van der Waals surface area contributed by atoms with Gasteiger partial charge in [-0.05, 0) is 90.1 Å². The van der Waals surface area contributed by atoms with E-state index >= 15 is 0 Å². The van der Waals surface area contributed by atoms with Gasteiger partial charge in [-0.15, -0.1) is 0 Å². The highest BCUT2D eigenvalue weighted by Crippen LogP contribution is 2.26. The van der Waals surface area contributed by atoms with Gasteiger partial charge >= 0.3 is 12.1 Å². The number of alkyl carbamates (subject to hydrolysis) is 1. The molecule has 0 aromatic heterocycles. The molecule has 3 amide bonds. The van der Waals surface area contributed by atoms with E-state index in [1.54, 1.807) is 48.5 Å². The normalized spacial score (nSPS) is 13.4.